The number of halogens is 2. The van der Waals surface area contributed by atoms with E-state index in [9.17, 15) is 9.59 Å². The second kappa shape index (κ2) is 11.0. The smallest absolute Gasteiger partial charge is 0.242 e. The number of piperazine rings is 1. The molecule has 7 nitrogen and oxygen atoms in total. The third kappa shape index (κ3) is 6.11. The molecule has 2 heterocycles. The first-order valence-corrected chi connectivity index (χ1v) is 11.6. The Morgan fingerprint density at radius 2 is 1.78 bits per heavy atom. The number of anilines is 1. The van der Waals surface area contributed by atoms with Crippen LogP contribution in [0, 0.1) is 5.92 Å². The van der Waals surface area contributed by atoms with E-state index in [0.717, 1.165) is 11.4 Å². The highest BCUT2D eigenvalue weighted by Gasteiger charge is 2.25. The van der Waals surface area contributed by atoms with Crippen LogP contribution in [0.25, 0.3) is 11.3 Å². The zero-order valence-corrected chi connectivity index (χ0v) is 20.2. The molecule has 0 unspecified atom stereocenters. The van der Waals surface area contributed by atoms with Crippen LogP contribution in [0.15, 0.2) is 30.3 Å². The van der Waals surface area contributed by atoms with Crippen molar-refractivity contribution in [1.29, 1.82) is 0 Å². The number of carbonyl (C=O) groups excluding carboxylic acids is 2. The van der Waals surface area contributed by atoms with Crippen molar-refractivity contribution in [3.63, 3.8) is 0 Å². The maximum atomic E-state index is 12.7. The van der Waals surface area contributed by atoms with E-state index in [-0.39, 0.29) is 24.3 Å². The first-order valence-electron chi connectivity index (χ1n) is 10.9. The molecule has 9 heteroatoms. The molecule has 2 amide bonds. The number of likely N-dealkylation sites (N-methyl/N-ethyl adjacent to an activating group) is 1. The average Bonchev–Trinajstić information content (AvgIpc) is 2.77. The van der Waals surface area contributed by atoms with Gasteiger partial charge in [-0.3, -0.25) is 9.59 Å². The number of hydrogen-bond acceptors (Lipinski definition) is 5. The summed E-state index contributed by atoms with van der Waals surface area (Å²) in [5.74, 6) is 1.06. The SMILES string of the molecule is CCN(CC(=O)N1CCN(c2ccc(-c3ccc(Cl)cc3Cl)nn2)CC1)C(=O)CC(C)C. The highest BCUT2D eigenvalue weighted by Crippen LogP contribution is 2.29. The van der Waals surface area contributed by atoms with Gasteiger partial charge in [0.2, 0.25) is 11.8 Å². The summed E-state index contributed by atoms with van der Waals surface area (Å²) in [6.45, 7) is 9.08. The van der Waals surface area contributed by atoms with E-state index in [4.69, 9.17) is 23.2 Å². The topological polar surface area (TPSA) is 69.6 Å². The molecular formula is C23H29Cl2N5O2. The van der Waals surface area contributed by atoms with E-state index in [1.807, 2.05) is 43.9 Å². The predicted molar refractivity (Wildman–Crippen MR) is 128 cm³/mol. The molecule has 2 aromatic rings. The lowest BCUT2D eigenvalue weighted by Crippen LogP contribution is -2.52. The van der Waals surface area contributed by atoms with Gasteiger partial charge in [-0.05, 0) is 43.2 Å². The molecule has 0 atom stereocenters. The van der Waals surface area contributed by atoms with Crippen LogP contribution in [-0.2, 0) is 9.59 Å². The predicted octanol–water partition coefficient (Wildman–Crippen LogP) is 3.99. The van der Waals surface area contributed by atoms with Gasteiger partial charge in [-0.15, -0.1) is 10.2 Å². The van der Waals surface area contributed by atoms with E-state index in [0.29, 0.717) is 54.9 Å². The Kier molecular flexibility index (Phi) is 8.32. The largest absolute Gasteiger partial charge is 0.352 e. The van der Waals surface area contributed by atoms with Crippen molar-refractivity contribution in [2.75, 3.05) is 44.2 Å². The van der Waals surface area contributed by atoms with E-state index in [1.165, 1.54) is 0 Å². The minimum atomic E-state index is -0.0116. The summed E-state index contributed by atoms with van der Waals surface area (Å²) >= 11 is 12.2. The summed E-state index contributed by atoms with van der Waals surface area (Å²) in [6, 6.07) is 9.07. The number of nitrogens with zero attached hydrogens (tertiary/aromatic N) is 5. The lowest BCUT2D eigenvalue weighted by molar-refractivity contribution is -0.141. The molecule has 1 aromatic heterocycles. The number of aromatic nitrogens is 2. The van der Waals surface area contributed by atoms with E-state index >= 15 is 0 Å². The van der Waals surface area contributed by atoms with E-state index < -0.39 is 0 Å². The molecule has 32 heavy (non-hydrogen) atoms. The van der Waals surface area contributed by atoms with Crippen molar-refractivity contribution in [2.45, 2.75) is 27.2 Å². The van der Waals surface area contributed by atoms with Gasteiger partial charge < -0.3 is 14.7 Å². The Morgan fingerprint density at radius 3 is 2.34 bits per heavy atom. The number of rotatable bonds is 7. The fraction of sp³-hybridized carbons (Fsp3) is 0.478. The van der Waals surface area contributed by atoms with Gasteiger partial charge in [0.15, 0.2) is 5.82 Å². The maximum absolute atomic E-state index is 12.7. The van der Waals surface area contributed by atoms with Crippen molar-refractivity contribution in [2.24, 2.45) is 5.92 Å². The van der Waals surface area contributed by atoms with Crippen molar-refractivity contribution in [1.82, 2.24) is 20.0 Å². The summed E-state index contributed by atoms with van der Waals surface area (Å²) in [5.41, 5.74) is 1.45. The maximum Gasteiger partial charge on any atom is 0.242 e. The summed E-state index contributed by atoms with van der Waals surface area (Å²) < 4.78 is 0. The Hall–Kier alpha value is -2.38. The Bertz CT molecular complexity index is 944. The zero-order valence-electron chi connectivity index (χ0n) is 18.7. The molecule has 0 bridgehead atoms. The number of amides is 2. The van der Waals surface area contributed by atoms with Crippen LogP contribution in [0.3, 0.4) is 0 Å². The summed E-state index contributed by atoms with van der Waals surface area (Å²) in [5, 5.41) is 9.77. The molecule has 3 rings (SSSR count). The standard InChI is InChI=1S/C23H29Cl2N5O2/c1-4-28(22(31)13-16(2)3)15-23(32)30-11-9-29(10-12-30)21-8-7-20(26-27-21)18-6-5-17(24)14-19(18)25/h5-8,14,16H,4,9-13,15H2,1-3H3. The van der Waals surface area contributed by atoms with Crippen LogP contribution in [0.1, 0.15) is 27.2 Å². The lowest BCUT2D eigenvalue weighted by Gasteiger charge is -2.36. The van der Waals surface area contributed by atoms with Crippen LogP contribution >= 0.6 is 23.2 Å². The van der Waals surface area contributed by atoms with Crippen molar-refractivity contribution in [3.8, 4) is 11.3 Å². The van der Waals surface area contributed by atoms with Crippen LogP contribution < -0.4 is 4.90 Å². The zero-order chi connectivity index (χ0) is 23.3. The minimum absolute atomic E-state index is 0.0116. The van der Waals surface area contributed by atoms with Crippen molar-refractivity contribution in [3.05, 3.63) is 40.4 Å². The summed E-state index contributed by atoms with van der Waals surface area (Å²) in [7, 11) is 0. The minimum Gasteiger partial charge on any atom is -0.352 e. The molecule has 0 aliphatic carbocycles. The number of hydrogen-bond donors (Lipinski definition) is 0. The molecule has 172 valence electrons. The second-order valence-electron chi connectivity index (χ2n) is 8.27. The second-order valence-corrected chi connectivity index (χ2v) is 9.12. The van der Waals surface area contributed by atoms with Crippen molar-refractivity contribution < 1.29 is 9.59 Å². The molecular weight excluding hydrogens is 449 g/mol. The quantitative estimate of drug-likeness (QED) is 0.602. The molecule has 0 saturated carbocycles. The van der Waals surface area contributed by atoms with Gasteiger partial charge in [-0.25, -0.2) is 0 Å². The first-order chi connectivity index (χ1) is 15.3. The summed E-state index contributed by atoms with van der Waals surface area (Å²) in [6.07, 6.45) is 0.463. The number of benzene rings is 1. The van der Waals surface area contributed by atoms with E-state index in [2.05, 4.69) is 15.1 Å². The third-order valence-corrected chi connectivity index (χ3v) is 6.01. The first kappa shape index (κ1) is 24.3. The van der Waals surface area contributed by atoms with Gasteiger partial charge in [0.25, 0.3) is 0 Å². The molecule has 0 N–H and O–H groups in total. The number of carbonyl (C=O) groups is 2. The molecule has 1 aromatic carbocycles. The van der Waals surface area contributed by atoms with Gasteiger partial charge in [0.05, 0.1) is 17.3 Å². The summed E-state index contributed by atoms with van der Waals surface area (Å²) in [4.78, 5) is 30.6. The molecule has 1 aliphatic heterocycles. The normalized spacial score (nSPS) is 14.1. The Morgan fingerprint density at radius 1 is 1.06 bits per heavy atom. The Balaban J connectivity index is 1.56. The van der Waals surface area contributed by atoms with Crippen LogP contribution in [0.5, 0.6) is 0 Å². The molecule has 0 spiro atoms. The highest BCUT2D eigenvalue weighted by molar-refractivity contribution is 6.36. The average molecular weight is 478 g/mol. The van der Waals surface area contributed by atoms with Gasteiger partial charge in [0, 0.05) is 49.7 Å². The molecule has 1 fully saturated rings. The molecule has 1 aliphatic rings. The fourth-order valence-electron chi connectivity index (χ4n) is 3.64. The monoisotopic (exact) mass is 477 g/mol. The highest BCUT2D eigenvalue weighted by atomic mass is 35.5. The molecule has 1 saturated heterocycles. The van der Waals surface area contributed by atoms with Gasteiger partial charge >= 0.3 is 0 Å². The third-order valence-electron chi connectivity index (χ3n) is 5.46. The Labute approximate surface area is 199 Å². The van der Waals surface area contributed by atoms with Gasteiger partial charge in [0.1, 0.15) is 0 Å². The van der Waals surface area contributed by atoms with Gasteiger partial charge in [-0.1, -0.05) is 37.0 Å². The lowest BCUT2D eigenvalue weighted by atomic mass is 10.1. The van der Waals surface area contributed by atoms with Crippen molar-refractivity contribution >= 4 is 40.8 Å². The van der Waals surface area contributed by atoms with Crippen LogP contribution in [-0.4, -0.2) is 71.1 Å². The fourth-order valence-corrected chi connectivity index (χ4v) is 4.14. The van der Waals surface area contributed by atoms with Gasteiger partial charge in [-0.2, -0.15) is 0 Å². The van der Waals surface area contributed by atoms with Crippen LogP contribution in [0.2, 0.25) is 10.0 Å². The van der Waals surface area contributed by atoms with Crippen LogP contribution in [0.4, 0.5) is 5.82 Å². The molecule has 0 radical (unpaired) electrons. The van der Waals surface area contributed by atoms with E-state index in [1.54, 1.807) is 17.0 Å².